The summed E-state index contributed by atoms with van der Waals surface area (Å²) in [6.45, 7) is 8.44. The van der Waals surface area contributed by atoms with Crippen molar-refractivity contribution in [3.63, 3.8) is 0 Å². The average molecular weight is 859 g/mol. The number of hydrogen-bond donors (Lipinski definition) is 11. The number of carbonyl (C=O) groups excluding carboxylic acids is 1. The van der Waals surface area contributed by atoms with E-state index in [1.165, 1.54) is 12.7 Å². The fraction of sp³-hybridized carbons (Fsp3) is 0.930. The first kappa shape index (κ1) is 46.6. The van der Waals surface area contributed by atoms with Crippen LogP contribution in [0.2, 0.25) is 0 Å². The minimum absolute atomic E-state index is 0.0617. The summed E-state index contributed by atoms with van der Waals surface area (Å²) >= 11 is 0. The number of allylic oxidation sites excluding steroid dienone is 2. The third-order valence-electron chi connectivity index (χ3n) is 17.6. The van der Waals surface area contributed by atoms with Gasteiger partial charge in [-0.05, 0) is 90.8 Å². The van der Waals surface area contributed by atoms with Crippen LogP contribution < -0.4 is 0 Å². The Morgan fingerprint density at radius 1 is 0.750 bits per heavy atom. The van der Waals surface area contributed by atoms with Gasteiger partial charge in [-0.25, -0.2) is 0 Å². The van der Waals surface area contributed by atoms with Gasteiger partial charge in [-0.15, -0.1) is 0 Å². The van der Waals surface area contributed by atoms with E-state index in [4.69, 9.17) is 23.7 Å². The summed E-state index contributed by atoms with van der Waals surface area (Å²) in [5.41, 5.74) is -3.09. The van der Waals surface area contributed by atoms with Crippen LogP contribution in [-0.2, 0) is 28.5 Å². The van der Waals surface area contributed by atoms with Crippen LogP contribution >= 0.6 is 0 Å². The molecule has 344 valence electrons. The Morgan fingerprint density at radius 3 is 1.98 bits per heavy atom. The van der Waals surface area contributed by atoms with Crippen molar-refractivity contribution in [3.8, 4) is 0 Å². The van der Waals surface area contributed by atoms with E-state index < -0.39 is 139 Å². The van der Waals surface area contributed by atoms with Crippen LogP contribution in [0.5, 0.6) is 0 Å². The molecule has 2 saturated heterocycles. The zero-order valence-electron chi connectivity index (χ0n) is 35.7. The van der Waals surface area contributed by atoms with Gasteiger partial charge in [0.15, 0.2) is 12.6 Å². The van der Waals surface area contributed by atoms with Crippen LogP contribution in [0.1, 0.15) is 86.0 Å². The Balaban J connectivity index is 1.16. The van der Waals surface area contributed by atoms with Crippen molar-refractivity contribution in [2.75, 3.05) is 33.5 Å². The fourth-order valence-corrected chi connectivity index (χ4v) is 14.0. The van der Waals surface area contributed by atoms with Gasteiger partial charge in [-0.3, -0.25) is 4.79 Å². The predicted molar refractivity (Wildman–Crippen MR) is 208 cm³/mol. The maximum Gasteiger partial charge on any atom is 0.315 e. The third-order valence-corrected chi connectivity index (χ3v) is 17.6. The number of fused-ring (bicyclic) bond motifs is 7. The first-order valence-electron chi connectivity index (χ1n) is 21.7. The maximum atomic E-state index is 13.7. The first-order chi connectivity index (χ1) is 28.1. The van der Waals surface area contributed by atoms with Crippen LogP contribution in [0.15, 0.2) is 11.6 Å². The van der Waals surface area contributed by atoms with Gasteiger partial charge in [0, 0.05) is 5.41 Å². The van der Waals surface area contributed by atoms with Crippen LogP contribution in [-0.4, -0.2) is 175 Å². The third kappa shape index (κ3) is 6.70. The molecule has 17 heteroatoms. The van der Waals surface area contributed by atoms with Crippen LogP contribution in [0, 0.1) is 50.2 Å². The molecule has 7 rings (SSSR count). The van der Waals surface area contributed by atoms with Gasteiger partial charge < -0.3 is 79.9 Å². The summed E-state index contributed by atoms with van der Waals surface area (Å²) in [4.78, 5) is 13.7. The molecule has 0 aromatic heterocycles. The number of aliphatic hydroxyl groups is 11. The number of rotatable bonds is 9. The molecule has 20 unspecified atom stereocenters. The molecular formula is C43H70O17. The summed E-state index contributed by atoms with van der Waals surface area (Å²) in [6.07, 6.45) is -13.6. The lowest BCUT2D eigenvalue weighted by Crippen LogP contribution is -2.71. The van der Waals surface area contributed by atoms with Gasteiger partial charge >= 0.3 is 5.97 Å². The van der Waals surface area contributed by atoms with Crippen molar-refractivity contribution >= 4 is 5.97 Å². The Morgan fingerprint density at radius 2 is 1.37 bits per heavy atom. The average Bonchev–Trinajstić information content (AvgIpc) is 3.20. The smallest absolute Gasteiger partial charge is 0.315 e. The van der Waals surface area contributed by atoms with Crippen molar-refractivity contribution in [2.45, 2.75) is 166 Å². The molecule has 2 aliphatic heterocycles. The highest BCUT2D eigenvalue weighted by Gasteiger charge is 2.73. The number of ether oxygens (including phenoxy) is 5. The molecule has 0 amide bonds. The molecule has 0 aromatic rings. The summed E-state index contributed by atoms with van der Waals surface area (Å²) in [7, 11) is 1.39. The fourth-order valence-electron chi connectivity index (χ4n) is 14.0. The van der Waals surface area contributed by atoms with E-state index >= 15 is 0 Å². The van der Waals surface area contributed by atoms with Gasteiger partial charge in [-0.2, -0.15) is 0 Å². The molecule has 2 heterocycles. The lowest BCUT2D eigenvalue weighted by Gasteiger charge is -2.72. The molecule has 0 aromatic carbocycles. The Kier molecular flexibility index (Phi) is 12.6. The minimum atomic E-state index is -1.85. The maximum absolute atomic E-state index is 13.7. The second-order valence-electron chi connectivity index (χ2n) is 20.9. The van der Waals surface area contributed by atoms with E-state index in [-0.39, 0.29) is 29.6 Å². The molecule has 0 spiro atoms. The van der Waals surface area contributed by atoms with Crippen LogP contribution in [0.3, 0.4) is 0 Å². The number of carbonyl (C=O) groups is 1. The van der Waals surface area contributed by atoms with E-state index in [9.17, 15) is 61.0 Å². The van der Waals surface area contributed by atoms with Gasteiger partial charge in [0.05, 0.1) is 51.8 Å². The minimum Gasteiger partial charge on any atom is -0.468 e. The lowest BCUT2D eigenvalue weighted by molar-refractivity contribution is -0.358. The number of esters is 1. The van der Waals surface area contributed by atoms with Gasteiger partial charge in [-0.1, -0.05) is 46.3 Å². The summed E-state index contributed by atoms with van der Waals surface area (Å²) in [5, 5.41) is 120. The van der Waals surface area contributed by atoms with Crippen molar-refractivity contribution in [2.24, 2.45) is 50.2 Å². The zero-order valence-corrected chi connectivity index (χ0v) is 35.7. The zero-order chi connectivity index (χ0) is 44.1. The monoisotopic (exact) mass is 858 g/mol. The second kappa shape index (κ2) is 16.2. The highest BCUT2D eigenvalue weighted by molar-refractivity contribution is 5.79. The van der Waals surface area contributed by atoms with Crippen molar-refractivity contribution in [3.05, 3.63) is 11.6 Å². The largest absolute Gasteiger partial charge is 0.468 e. The van der Waals surface area contributed by atoms with Crippen molar-refractivity contribution < 1.29 is 84.7 Å². The molecular weight excluding hydrogens is 788 g/mol. The Hall–Kier alpha value is -1.39. The molecule has 5 aliphatic carbocycles. The standard InChI is InChI=1S/C43H70O17/c1-38(2)11-12-43(37(55)56-6)21(13-38)20-7-8-25-39(3)14-22(47)34(42(18-45,19-46)26(39)9-10-40(25,4)41(20,5)15-27(43)48)60-36-33(54)31(52)29(50)24(59-36)17-57-35-32(53)30(51)28(49)23(16-44)58-35/h7,21-36,44-54H,8-19H2,1-6H3. The highest BCUT2D eigenvalue weighted by atomic mass is 16.7. The quantitative estimate of drug-likeness (QED) is 0.0742. The van der Waals surface area contributed by atoms with Crippen LogP contribution in [0.25, 0.3) is 0 Å². The Labute approximate surface area is 351 Å². The van der Waals surface area contributed by atoms with E-state index in [0.29, 0.717) is 32.1 Å². The molecule has 7 aliphatic rings. The van der Waals surface area contributed by atoms with Crippen molar-refractivity contribution in [1.29, 1.82) is 0 Å². The topological polar surface area (TPSA) is 286 Å². The van der Waals surface area contributed by atoms with Crippen molar-refractivity contribution in [1.82, 2.24) is 0 Å². The summed E-state index contributed by atoms with van der Waals surface area (Å²) < 4.78 is 28.6. The molecule has 4 saturated carbocycles. The highest BCUT2D eigenvalue weighted by Crippen LogP contribution is 2.76. The molecule has 20 atom stereocenters. The lowest BCUT2D eigenvalue weighted by atomic mass is 9.33. The molecule has 11 N–H and O–H groups in total. The predicted octanol–water partition coefficient (Wildman–Crippen LogP) is -1.14. The van der Waals surface area contributed by atoms with Gasteiger partial charge in [0.25, 0.3) is 0 Å². The summed E-state index contributed by atoms with van der Waals surface area (Å²) in [6, 6.07) is 0. The molecule has 17 nitrogen and oxygen atoms in total. The molecule has 60 heavy (non-hydrogen) atoms. The number of aliphatic hydroxyl groups excluding tert-OH is 11. The number of hydrogen-bond acceptors (Lipinski definition) is 17. The normalized spacial score (nSPS) is 52.2. The second-order valence-corrected chi connectivity index (χ2v) is 20.9. The Bertz CT molecular complexity index is 1600. The van der Waals surface area contributed by atoms with Crippen LogP contribution in [0.4, 0.5) is 0 Å². The molecule has 6 fully saturated rings. The van der Waals surface area contributed by atoms with Gasteiger partial charge in [0.2, 0.25) is 0 Å². The van der Waals surface area contributed by atoms with E-state index in [1.54, 1.807) is 0 Å². The number of methoxy groups -OCH3 is 1. The van der Waals surface area contributed by atoms with E-state index in [0.717, 1.165) is 12.8 Å². The first-order valence-corrected chi connectivity index (χ1v) is 21.7. The summed E-state index contributed by atoms with van der Waals surface area (Å²) in [5.74, 6) is -1.13. The van der Waals surface area contributed by atoms with E-state index in [2.05, 4.69) is 40.7 Å². The van der Waals surface area contributed by atoms with Gasteiger partial charge in [0.1, 0.15) is 54.2 Å². The molecule has 0 radical (unpaired) electrons. The molecule has 0 bridgehead atoms. The van der Waals surface area contributed by atoms with E-state index in [1.807, 2.05) is 0 Å². The SMILES string of the molecule is COC(=O)C12CCC(C)(C)CC1C1=CCC3C4(C)CC(O)C(OC5OC(COC6OC(CO)C(O)C(O)C6O)C(O)C(O)C5O)C(CO)(CO)C4CCC3(C)C1(C)CC2O.